The fraction of sp³-hybridized carbons (Fsp3) is 0.421. The molecule has 2 heterocycles. The summed E-state index contributed by atoms with van der Waals surface area (Å²) >= 11 is 0. The van der Waals surface area contributed by atoms with Gasteiger partial charge in [0.25, 0.3) is 11.8 Å². The minimum Gasteiger partial charge on any atom is -0.497 e. The molecule has 1 aliphatic heterocycles. The number of aromatic nitrogens is 1. The quantitative estimate of drug-likeness (QED) is 0.144. The number of nitrogens with one attached hydrogen (secondary N) is 3. The molecule has 4 atom stereocenters. The van der Waals surface area contributed by atoms with Crippen LogP contribution in [0.2, 0.25) is 0 Å². The molecule has 0 radical (unpaired) electrons. The van der Waals surface area contributed by atoms with E-state index >= 15 is 8.78 Å². The first-order chi connectivity index (χ1) is 26.6. The third-order valence-corrected chi connectivity index (χ3v) is 11.3. The van der Waals surface area contributed by atoms with Crippen molar-refractivity contribution in [2.75, 3.05) is 20.2 Å². The van der Waals surface area contributed by atoms with Crippen molar-refractivity contribution in [3.8, 4) is 5.75 Å². The normalized spacial score (nSPS) is 17.1. The summed E-state index contributed by atoms with van der Waals surface area (Å²) < 4.78 is 101. The van der Waals surface area contributed by atoms with Crippen molar-refractivity contribution < 1.29 is 59.1 Å². The molecule has 0 bridgehead atoms. The number of pyridine rings is 1. The number of ether oxygens (including phenoxy) is 1. The lowest BCUT2D eigenvalue weighted by molar-refractivity contribution is -0.165. The van der Waals surface area contributed by atoms with E-state index in [0.29, 0.717) is 16.9 Å². The van der Waals surface area contributed by atoms with Gasteiger partial charge in [-0.3, -0.25) is 29.0 Å². The van der Waals surface area contributed by atoms with Crippen molar-refractivity contribution in [1.82, 2.24) is 25.8 Å². The molecule has 4 rings (SSSR count). The fourth-order valence-corrected chi connectivity index (χ4v) is 7.97. The zero-order chi connectivity index (χ0) is 42.3. The predicted molar refractivity (Wildman–Crippen MR) is 196 cm³/mol. The average molecular weight is 824 g/mol. The molecule has 3 aromatic rings. The molecule has 0 saturated carbocycles. The van der Waals surface area contributed by atoms with Gasteiger partial charge in [0.05, 0.1) is 24.2 Å². The van der Waals surface area contributed by atoms with E-state index < -0.39 is 106 Å². The first-order valence-corrected chi connectivity index (χ1v) is 19.3. The SMILES string of the molecule is COc1ccc(CS(=O)(=O)[C@@H]2C[C@@H](C(=O)NC(C(=O)C(F)(F)C(=O)NCC(F)(F)F)C(C)C)N(C(=O)C(Cc3cccc(C)c3)NC(=O)c3ccccn3)C2)cc1. The molecular weight excluding hydrogens is 782 g/mol. The maximum absolute atomic E-state index is 15.0. The summed E-state index contributed by atoms with van der Waals surface area (Å²) in [7, 11) is -2.76. The number of methoxy groups -OCH3 is 1. The summed E-state index contributed by atoms with van der Waals surface area (Å²) in [5, 5.41) is 4.27. The van der Waals surface area contributed by atoms with Crippen molar-refractivity contribution in [2.24, 2.45) is 5.92 Å². The summed E-state index contributed by atoms with van der Waals surface area (Å²) in [5.41, 5.74) is 1.67. The number of nitrogens with zero attached hydrogens (tertiary/aromatic N) is 2. The van der Waals surface area contributed by atoms with Crippen molar-refractivity contribution >= 4 is 39.2 Å². The molecule has 1 saturated heterocycles. The van der Waals surface area contributed by atoms with E-state index in [1.807, 2.05) is 0 Å². The van der Waals surface area contributed by atoms with E-state index in [4.69, 9.17) is 4.74 Å². The smallest absolute Gasteiger partial charge is 0.405 e. The molecule has 57 heavy (non-hydrogen) atoms. The molecular formula is C38H42F5N5O8S. The van der Waals surface area contributed by atoms with Gasteiger partial charge < -0.3 is 25.6 Å². The highest BCUT2D eigenvalue weighted by Gasteiger charge is 2.53. The van der Waals surface area contributed by atoms with E-state index in [1.54, 1.807) is 37.3 Å². The number of benzene rings is 2. The van der Waals surface area contributed by atoms with E-state index in [1.165, 1.54) is 63.6 Å². The van der Waals surface area contributed by atoms with Crippen LogP contribution in [0.15, 0.2) is 72.9 Å². The molecule has 3 N–H and O–H groups in total. The highest BCUT2D eigenvalue weighted by molar-refractivity contribution is 7.91. The Labute approximate surface area is 325 Å². The van der Waals surface area contributed by atoms with Gasteiger partial charge in [-0.05, 0) is 54.7 Å². The van der Waals surface area contributed by atoms with Crippen molar-refractivity contribution in [3.63, 3.8) is 0 Å². The number of ketones is 1. The zero-order valence-electron chi connectivity index (χ0n) is 31.3. The van der Waals surface area contributed by atoms with Crippen molar-refractivity contribution in [1.29, 1.82) is 0 Å². The first kappa shape index (κ1) is 44.3. The average Bonchev–Trinajstić information content (AvgIpc) is 3.62. The van der Waals surface area contributed by atoms with Crippen LogP contribution in [0.25, 0.3) is 0 Å². The van der Waals surface area contributed by atoms with Crippen LogP contribution < -0.4 is 20.7 Å². The molecule has 1 aliphatic rings. The second kappa shape index (κ2) is 18.2. The number of sulfone groups is 1. The van der Waals surface area contributed by atoms with E-state index in [0.717, 1.165) is 15.8 Å². The van der Waals surface area contributed by atoms with Gasteiger partial charge in [0.1, 0.15) is 30.1 Å². The number of hydrogen-bond acceptors (Lipinski definition) is 9. The third-order valence-electron chi connectivity index (χ3n) is 9.20. The van der Waals surface area contributed by atoms with Crippen LogP contribution in [0.3, 0.4) is 0 Å². The lowest BCUT2D eigenvalue weighted by Gasteiger charge is -2.31. The number of Topliss-reactive ketones (excluding diaryl/α,β-unsaturated/α-hetero) is 1. The maximum Gasteiger partial charge on any atom is 0.405 e. The molecule has 1 aromatic heterocycles. The van der Waals surface area contributed by atoms with Crippen LogP contribution in [0.4, 0.5) is 22.0 Å². The van der Waals surface area contributed by atoms with Crippen LogP contribution >= 0.6 is 0 Å². The topological polar surface area (TPSA) is 181 Å². The number of halogens is 5. The molecule has 19 heteroatoms. The number of aryl methyl sites for hydroxylation is 1. The van der Waals surface area contributed by atoms with Gasteiger partial charge in [-0.15, -0.1) is 0 Å². The largest absolute Gasteiger partial charge is 0.497 e. The van der Waals surface area contributed by atoms with Crippen molar-refractivity contribution in [2.45, 2.75) is 74.8 Å². The highest BCUT2D eigenvalue weighted by Crippen LogP contribution is 2.29. The minimum absolute atomic E-state index is 0.0614. The van der Waals surface area contributed by atoms with Crippen LogP contribution in [-0.4, -0.2) is 103 Å². The zero-order valence-corrected chi connectivity index (χ0v) is 32.1. The molecule has 13 nitrogen and oxygen atoms in total. The Kier molecular flexibility index (Phi) is 14.1. The number of carbonyl (C=O) groups excluding carboxylic acids is 5. The Morgan fingerprint density at radius 1 is 0.930 bits per heavy atom. The minimum atomic E-state index is -5.07. The van der Waals surface area contributed by atoms with Crippen LogP contribution in [0.1, 0.15) is 47.4 Å². The Morgan fingerprint density at radius 2 is 1.61 bits per heavy atom. The molecule has 2 unspecified atom stereocenters. The second-order valence-corrected chi connectivity index (χ2v) is 16.2. The van der Waals surface area contributed by atoms with E-state index in [-0.39, 0.29) is 12.1 Å². The number of alkyl halides is 5. The van der Waals surface area contributed by atoms with E-state index in [9.17, 15) is 45.6 Å². The number of likely N-dealkylation sites (tertiary alicyclic amines) is 1. The number of rotatable bonds is 16. The monoisotopic (exact) mass is 823 g/mol. The van der Waals surface area contributed by atoms with Crippen LogP contribution in [0, 0.1) is 12.8 Å². The van der Waals surface area contributed by atoms with Crippen LogP contribution in [0.5, 0.6) is 5.75 Å². The first-order valence-electron chi connectivity index (χ1n) is 17.6. The molecule has 1 fully saturated rings. The number of hydrogen-bond donors (Lipinski definition) is 3. The summed E-state index contributed by atoms with van der Waals surface area (Å²) in [6, 6.07) is 12.2. The van der Waals surface area contributed by atoms with E-state index in [2.05, 4.69) is 15.6 Å². The van der Waals surface area contributed by atoms with Gasteiger partial charge in [0.15, 0.2) is 9.84 Å². The third kappa shape index (κ3) is 11.5. The summed E-state index contributed by atoms with van der Waals surface area (Å²) in [6.45, 7) is 1.49. The number of amides is 4. The van der Waals surface area contributed by atoms with Crippen LogP contribution in [-0.2, 0) is 41.2 Å². The van der Waals surface area contributed by atoms with Gasteiger partial charge >= 0.3 is 12.1 Å². The molecule has 0 aliphatic carbocycles. The summed E-state index contributed by atoms with van der Waals surface area (Å²) in [5.74, 6) is -14.0. The van der Waals surface area contributed by atoms with Gasteiger partial charge in [-0.1, -0.05) is 61.9 Å². The maximum atomic E-state index is 15.0. The number of carbonyl (C=O) groups is 5. The lowest BCUT2D eigenvalue weighted by atomic mass is 9.94. The molecule has 4 amide bonds. The molecule has 2 aromatic carbocycles. The Hall–Kier alpha value is -5.46. The van der Waals surface area contributed by atoms with Gasteiger partial charge in [-0.2, -0.15) is 22.0 Å². The summed E-state index contributed by atoms with van der Waals surface area (Å²) in [4.78, 5) is 72.0. The Balaban J connectivity index is 1.70. The second-order valence-electron chi connectivity index (χ2n) is 13.9. The standard InChI is InChI=1S/C38H42F5N5O8S/c1-22(2)31(32(49)38(42,43)36(53)45-21-37(39,40)41)47-34(51)30-18-27(57(54,55)20-24-11-13-26(56-4)14-12-24)19-48(30)35(52)29(17-25-9-7-8-23(3)16-25)46-33(50)28-10-5-6-15-44-28/h5-16,22,27,29-31H,17-21H2,1-4H3,(H,45,53)(H,46,50)(H,47,51)/t27-,29?,30+,31?/m1/s1. The predicted octanol–water partition coefficient (Wildman–Crippen LogP) is 3.35. The highest BCUT2D eigenvalue weighted by atomic mass is 32.2. The van der Waals surface area contributed by atoms with Gasteiger partial charge in [0.2, 0.25) is 17.6 Å². The Morgan fingerprint density at radius 3 is 2.19 bits per heavy atom. The fourth-order valence-electron chi connectivity index (χ4n) is 6.21. The summed E-state index contributed by atoms with van der Waals surface area (Å²) in [6.07, 6.45) is -4.43. The van der Waals surface area contributed by atoms with Crippen molar-refractivity contribution in [3.05, 3.63) is 95.3 Å². The van der Waals surface area contributed by atoms with Gasteiger partial charge in [0, 0.05) is 19.2 Å². The molecule has 308 valence electrons. The molecule has 0 spiro atoms. The lowest BCUT2D eigenvalue weighted by Crippen LogP contribution is -2.60. The Bertz CT molecular complexity index is 2050. The van der Waals surface area contributed by atoms with Gasteiger partial charge in [-0.25, -0.2) is 8.42 Å².